The highest BCUT2D eigenvalue weighted by molar-refractivity contribution is 5.93. The fraction of sp³-hybridized carbons (Fsp3) is 0.385. The van der Waals surface area contributed by atoms with Crippen LogP contribution in [0.4, 0.5) is 13.2 Å². The number of carbonyl (C=O) groups is 1. The number of carbonyl (C=O) groups excluding carboxylic acids is 1. The van der Waals surface area contributed by atoms with Crippen molar-refractivity contribution in [3.05, 3.63) is 30.2 Å². The molecule has 0 aliphatic heterocycles. The average Bonchev–Trinajstić information content (AvgIpc) is 3.06. The van der Waals surface area contributed by atoms with Crippen LogP contribution >= 0.6 is 0 Å². The zero-order valence-electron chi connectivity index (χ0n) is 11.3. The monoisotopic (exact) mass is 301 g/mol. The standard InChI is InChI=1S/C13H14F3N3O2/c1-2-5-19(8-13(14,15)16)12(20)10-7-9(17-18-10)11-4-3-6-21-11/h3-4,6-7H,2,5,8H2,1H3,(H,17,18). The smallest absolute Gasteiger partial charge is 0.406 e. The molecule has 21 heavy (non-hydrogen) atoms. The topological polar surface area (TPSA) is 62.1 Å². The molecule has 0 atom stereocenters. The summed E-state index contributed by atoms with van der Waals surface area (Å²) in [4.78, 5) is 12.8. The van der Waals surface area contributed by atoms with E-state index in [1.807, 2.05) is 0 Å². The summed E-state index contributed by atoms with van der Waals surface area (Å²) in [7, 11) is 0. The predicted octanol–water partition coefficient (Wildman–Crippen LogP) is 3.08. The molecule has 2 rings (SSSR count). The molecular weight excluding hydrogens is 287 g/mol. The third-order valence-electron chi connectivity index (χ3n) is 2.73. The number of aromatic nitrogens is 2. The molecule has 8 heteroatoms. The molecule has 0 unspecified atom stereocenters. The number of hydrogen-bond acceptors (Lipinski definition) is 3. The van der Waals surface area contributed by atoms with Gasteiger partial charge in [-0.15, -0.1) is 0 Å². The fourth-order valence-electron chi connectivity index (χ4n) is 1.89. The van der Waals surface area contributed by atoms with E-state index in [9.17, 15) is 18.0 Å². The Balaban J connectivity index is 2.17. The summed E-state index contributed by atoms with van der Waals surface area (Å²) in [5.41, 5.74) is 0.367. The quantitative estimate of drug-likeness (QED) is 0.923. The van der Waals surface area contributed by atoms with Crippen LogP contribution in [-0.4, -0.2) is 40.3 Å². The summed E-state index contributed by atoms with van der Waals surface area (Å²) >= 11 is 0. The number of furan rings is 1. The van der Waals surface area contributed by atoms with Gasteiger partial charge in [0.2, 0.25) is 0 Å². The Labute approximate surface area is 118 Å². The van der Waals surface area contributed by atoms with Crippen molar-refractivity contribution in [2.24, 2.45) is 0 Å². The number of rotatable bonds is 5. The van der Waals surface area contributed by atoms with Crippen LogP contribution in [0.15, 0.2) is 28.9 Å². The van der Waals surface area contributed by atoms with E-state index in [1.54, 1.807) is 19.1 Å². The lowest BCUT2D eigenvalue weighted by atomic mass is 10.2. The van der Waals surface area contributed by atoms with Crippen LogP contribution in [-0.2, 0) is 0 Å². The highest BCUT2D eigenvalue weighted by Gasteiger charge is 2.33. The van der Waals surface area contributed by atoms with E-state index in [-0.39, 0.29) is 12.2 Å². The predicted molar refractivity (Wildman–Crippen MR) is 68.5 cm³/mol. The van der Waals surface area contributed by atoms with Gasteiger partial charge in [-0.1, -0.05) is 6.92 Å². The minimum absolute atomic E-state index is 0.0152. The zero-order valence-corrected chi connectivity index (χ0v) is 11.3. The lowest BCUT2D eigenvalue weighted by Crippen LogP contribution is -2.39. The fourth-order valence-corrected chi connectivity index (χ4v) is 1.89. The maximum Gasteiger partial charge on any atom is 0.406 e. The SMILES string of the molecule is CCCN(CC(F)(F)F)C(=O)c1cc(-c2ccco2)[nH]n1. The van der Waals surface area contributed by atoms with Gasteiger partial charge in [0.25, 0.3) is 5.91 Å². The molecule has 0 spiro atoms. The number of H-pyrrole nitrogens is 1. The third-order valence-corrected chi connectivity index (χ3v) is 2.73. The summed E-state index contributed by atoms with van der Waals surface area (Å²) < 4.78 is 42.6. The van der Waals surface area contributed by atoms with E-state index in [1.165, 1.54) is 12.3 Å². The van der Waals surface area contributed by atoms with Gasteiger partial charge < -0.3 is 9.32 Å². The minimum atomic E-state index is -4.44. The number of nitrogens with zero attached hydrogens (tertiary/aromatic N) is 2. The van der Waals surface area contributed by atoms with E-state index in [0.29, 0.717) is 17.9 Å². The maximum absolute atomic E-state index is 12.5. The van der Waals surface area contributed by atoms with Gasteiger partial charge in [0, 0.05) is 12.6 Å². The first kappa shape index (κ1) is 15.1. The van der Waals surface area contributed by atoms with Crippen molar-refractivity contribution in [1.82, 2.24) is 15.1 Å². The Hall–Kier alpha value is -2.25. The van der Waals surface area contributed by atoms with E-state index >= 15 is 0 Å². The first-order valence-corrected chi connectivity index (χ1v) is 6.36. The Kier molecular flexibility index (Phi) is 4.35. The molecule has 0 aliphatic rings. The van der Waals surface area contributed by atoms with Gasteiger partial charge in [-0.3, -0.25) is 9.89 Å². The molecular formula is C13H14F3N3O2. The van der Waals surface area contributed by atoms with Gasteiger partial charge in [-0.05, 0) is 18.6 Å². The van der Waals surface area contributed by atoms with Crippen LogP contribution in [0, 0.1) is 0 Å². The molecule has 0 saturated carbocycles. The van der Waals surface area contributed by atoms with Crippen molar-refractivity contribution in [1.29, 1.82) is 0 Å². The van der Waals surface area contributed by atoms with Crippen LogP contribution in [0.1, 0.15) is 23.8 Å². The number of nitrogens with one attached hydrogen (secondary N) is 1. The average molecular weight is 301 g/mol. The number of alkyl halides is 3. The van der Waals surface area contributed by atoms with Crippen LogP contribution in [0.3, 0.4) is 0 Å². The molecule has 0 saturated heterocycles. The molecule has 1 amide bonds. The number of aromatic amines is 1. The van der Waals surface area contributed by atoms with Crippen LogP contribution in [0.2, 0.25) is 0 Å². The van der Waals surface area contributed by atoms with E-state index in [0.717, 1.165) is 4.90 Å². The van der Waals surface area contributed by atoms with Crippen LogP contribution in [0.5, 0.6) is 0 Å². The summed E-state index contributed by atoms with van der Waals surface area (Å²) in [5, 5.41) is 6.34. The summed E-state index contributed by atoms with van der Waals surface area (Å²) in [6, 6.07) is 4.69. The van der Waals surface area contributed by atoms with Crippen LogP contribution < -0.4 is 0 Å². The highest BCUT2D eigenvalue weighted by atomic mass is 19.4. The summed E-state index contributed by atoms with van der Waals surface area (Å²) in [5.74, 6) is -0.303. The van der Waals surface area contributed by atoms with Gasteiger partial charge in [0.15, 0.2) is 11.5 Å². The van der Waals surface area contributed by atoms with Crippen molar-refractivity contribution >= 4 is 5.91 Å². The number of halogens is 3. The molecule has 0 radical (unpaired) electrons. The molecule has 0 aliphatic carbocycles. The number of hydrogen-bond donors (Lipinski definition) is 1. The van der Waals surface area contributed by atoms with E-state index < -0.39 is 18.6 Å². The lowest BCUT2D eigenvalue weighted by molar-refractivity contribution is -0.140. The second-order valence-corrected chi connectivity index (χ2v) is 4.49. The summed E-state index contributed by atoms with van der Waals surface area (Å²) in [6.45, 7) is 0.430. The molecule has 0 fully saturated rings. The van der Waals surface area contributed by atoms with Crippen LogP contribution in [0.25, 0.3) is 11.5 Å². The van der Waals surface area contributed by atoms with Gasteiger partial charge in [0.05, 0.1) is 6.26 Å². The first-order valence-electron chi connectivity index (χ1n) is 6.36. The molecule has 1 N–H and O–H groups in total. The maximum atomic E-state index is 12.5. The van der Waals surface area contributed by atoms with Gasteiger partial charge >= 0.3 is 6.18 Å². The Morgan fingerprint density at radius 2 is 2.24 bits per heavy atom. The van der Waals surface area contributed by atoms with Crippen molar-refractivity contribution in [2.75, 3.05) is 13.1 Å². The molecule has 2 heterocycles. The van der Waals surface area contributed by atoms with Gasteiger partial charge in [0.1, 0.15) is 12.2 Å². The molecule has 114 valence electrons. The Morgan fingerprint density at radius 1 is 1.48 bits per heavy atom. The van der Waals surface area contributed by atoms with Crippen molar-refractivity contribution in [3.8, 4) is 11.5 Å². The first-order chi connectivity index (χ1) is 9.90. The zero-order chi connectivity index (χ0) is 15.5. The Bertz CT molecular complexity index is 590. The van der Waals surface area contributed by atoms with Gasteiger partial charge in [-0.2, -0.15) is 18.3 Å². The summed E-state index contributed by atoms with van der Waals surface area (Å²) in [6.07, 6.45) is -2.56. The van der Waals surface area contributed by atoms with Crippen molar-refractivity contribution in [2.45, 2.75) is 19.5 Å². The normalized spacial score (nSPS) is 11.6. The second-order valence-electron chi connectivity index (χ2n) is 4.49. The molecule has 2 aromatic rings. The lowest BCUT2D eigenvalue weighted by Gasteiger charge is -2.22. The molecule has 5 nitrogen and oxygen atoms in total. The Morgan fingerprint density at radius 3 is 2.81 bits per heavy atom. The molecule has 0 aromatic carbocycles. The number of amides is 1. The minimum Gasteiger partial charge on any atom is -0.463 e. The van der Waals surface area contributed by atoms with Crippen molar-refractivity contribution in [3.63, 3.8) is 0 Å². The van der Waals surface area contributed by atoms with Gasteiger partial charge in [-0.25, -0.2) is 0 Å². The third kappa shape index (κ3) is 3.87. The molecule has 0 bridgehead atoms. The highest BCUT2D eigenvalue weighted by Crippen LogP contribution is 2.21. The van der Waals surface area contributed by atoms with E-state index in [4.69, 9.17) is 4.42 Å². The second kappa shape index (κ2) is 6.02. The van der Waals surface area contributed by atoms with E-state index in [2.05, 4.69) is 10.2 Å². The largest absolute Gasteiger partial charge is 0.463 e. The molecule has 2 aromatic heterocycles. The van der Waals surface area contributed by atoms with Crippen molar-refractivity contribution < 1.29 is 22.4 Å².